The van der Waals surface area contributed by atoms with Crippen LogP contribution in [0.2, 0.25) is 5.02 Å². The van der Waals surface area contributed by atoms with Crippen LogP contribution in [0.4, 0.5) is 0 Å². The molecule has 30 heavy (non-hydrogen) atoms. The summed E-state index contributed by atoms with van der Waals surface area (Å²) in [6, 6.07) is 3.35. The molecular formula is C21H32ClN3O5. The average molecular weight is 442 g/mol. The first-order chi connectivity index (χ1) is 13.9. The fourth-order valence-corrected chi connectivity index (χ4v) is 3.03. The van der Waals surface area contributed by atoms with Crippen molar-refractivity contribution in [1.29, 1.82) is 0 Å². The van der Waals surface area contributed by atoms with Gasteiger partial charge in [-0.2, -0.15) is 0 Å². The molecule has 9 heteroatoms. The Kier molecular flexibility index (Phi) is 9.58. The molecule has 0 spiro atoms. The maximum Gasteiger partial charge on any atom is 0.326 e. The SMILES string of the molecule is COc1ccc(C[C@@H](N)C(=O)NCC(C)(C)C(=O)N[C@@H](CC(C)C)C(=O)O)cc1Cl. The van der Waals surface area contributed by atoms with Gasteiger partial charge >= 0.3 is 5.97 Å². The number of amides is 2. The predicted octanol–water partition coefficient (Wildman–Crippen LogP) is 1.98. The molecule has 0 fully saturated rings. The van der Waals surface area contributed by atoms with Gasteiger partial charge in [-0.1, -0.05) is 31.5 Å². The van der Waals surface area contributed by atoms with E-state index in [0.717, 1.165) is 5.56 Å². The zero-order valence-electron chi connectivity index (χ0n) is 18.1. The van der Waals surface area contributed by atoms with Gasteiger partial charge in [0.05, 0.1) is 23.6 Å². The van der Waals surface area contributed by atoms with E-state index in [1.165, 1.54) is 7.11 Å². The van der Waals surface area contributed by atoms with Crippen LogP contribution in [0, 0.1) is 11.3 Å². The van der Waals surface area contributed by atoms with Gasteiger partial charge in [0.2, 0.25) is 11.8 Å². The summed E-state index contributed by atoms with van der Waals surface area (Å²) in [6.45, 7) is 7.04. The molecule has 1 rings (SSSR count). The highest BCUT2D eigenvalue weighted by Crippen LogP contribution is 2.25. The van der Waals surface area contributed by atoms with Gasteiger partial charge < -0.3 is 26.2 Å². The van der Waals surface area contributed by atoms with Crippen LogP contribution >= 0.6 is 11.6 Å². The van der Waals surface area contributed by atoms with E-state index in [0.29, 0.717) is 17.2 Å². The number of hydrogen-bond donors (Lipinski definition) is 4. The number of rotatable bonds is 11. The minimum absolute atomic E-state index is 0.0166. The molecule has 1 aromatic rings. The summed E-state index contributed by atoms with van der Waals surface area (Å²) in [5, 5.41) is 15.0. The summed E-state index contributed by atoms with van der Waals surface area (Å²) in [5.41, 5.74) is 5.75. The number of carboxylic acids is 1. The second-order valence-electron chi connectivity index (χ2n) is 8.38. The van der Waals surface area contributed by atoms with Crippen LogP contribution in [-0.4, -0.2) is 48.6 Å². The van der Waals surface area contributed by atoms with Gasteiger partial charge in [-0.3, -0.25) is 9.59 Å². The third-order valence-corrected chi connectivity index (χ3v) is 4.93. The van der Waals surface area contributed by atoms with E-state index in [1.807, 2.05) is 13.8 Å². The molecule has 0 aliphatic heterocycles. The normalized spacial score (nSPS) is 13.5. The predicted molar refractivity (Wildman–Crippen MR) is 115 cm³/mol. The van der Waals surface area contributed by atoms with Crippen molar-refractivity contribution < 1.29 is 24.2 Å². The molecule has 0 unspecified atom stereocenters. The lowest BCUT2D eigenvalue weighted by Gasteiger charge is -2.27. The van der Waals surface area contributed by atoms with Crippen molar-refractivity contribution in [1.82, 2.24) is 10.6 Å². The number of halogens is 1. The quantitative estimate of drug-likeness (QED) is 0.415. The van der Waals surface area contributed by atoms with Crippen molar-refractivity contribution >= 4 is 29.4 Å². The Labute approximate surface area is 182 Å². The van der Waals surface area contributed by atoms with Crippen molar-refractivity contribution in [2.75, 3.05) is 13.7 Å². The standard InChI is InChI=1S/C21H32ClN3O5/c1-12(2)8-16(19(27)28)25-20(29)21(3,4)11-24-18(26)15(23)10-13-6-7-17(30-5)14(22)9-13/h6-7,9,12,15-16H,8,10-11,23H2,1-5H3,(H,24,26)(H,25,29)(H,27,28)/t15-,16+/m1/s1. The third kappa shape index (κ3) is 7.84. The summed E-state index contributed by atoms with van der Waals surface area (Å²) < 4.78 is 5.10. The summed E-state index contributed by atoms with van der Waals surface area (Å²) in [7, 11) is 1.51. The Morgan fingerprint density at radius 2 is 1.90 bits per heavy atom. The minimum Gasteiger partial charge on any atom is -0.495 e. The van der Waals surface area contributed by atoms with Gasteiger partial charge in [0, 0.05) is 6.54 Å². The van der Waals surface area contributed by atoms with E-state index in [-0.39, 0.29) is 18.9 Å². The van der Waals surface area contributed by atoms with E-state index >= 15 is 0 Å². The molecule has 0 heterocycles. The number of methoxy groups -OCH3 is 1. The zero-order chi connectivity index (χ0) is 23.1. The maximum absolute atomic E-state index is 12.5. The van der Waals surface area contributed by atoms with E-state index in [1.54, 1.807) is 32.0 Å². The van der Waals surface area contributed by atoms with Gasteiger partial charge in [0.1, 0.15) is 11.8 Å². The Bertz CT molecular complexity index is 767. The van der Waals surface area contributed by atoms with Crippen LogP contribution in [0.1, 0.15) is 39.7 Å². The number of benzene rings is 1. The molecule has 0 aliphatic rings. The summed E-state index contributed by atoms with van der Waals surface area (Å²) in [6.07, 6.45) is 0.580. The smallest absolute Gasteiger partial charge is 0.326 e. The molecule has 8 nitrogen and oxygen atoms in total. The monoisotopic (exact) mass is 441 g/mol. The van der Waals surface area contributed by atoms with Crippen LogP contribution in [0.3, 0.4) is 0 Å². The van der Waals surface area contributed by atoms with Crippen molar-refractivity contribution in [3.63, 3.8) is 0 Å². The van der Waals surface area contributed by atoms with Crippen molar-refractivity contribution in [3.05, 3.63) is 28.8 Å². The van der Waals surface area contributed by atoms with Crippen LogP contribution in [0.25, 0.3) is 0 Å². The average Bonchev–Trinajstić information content (AvgIpc) is 2.65. The molecule has 0 saturated carbocycles. The van der Waals surface area contributed by atoms with Crippen LogP contribution in [0.5, 0.6) is 5.75 Å². The number of ether oxygens (including phenoxy) is 1. The lowest BCUT2D eigenvalue weighted by Crippen LogP contribution is -2.52. The second-order valence-corrected chi connectivity index (χ2v) is 8.78. The van der Waals surface area contributed by atoms with Gasteiger partial charge in [-0.15, -0.1) is 0 Å². The van der Waals surface area contributed by atoms with E-state index in [9.17, 15) is 19.5 Å². The molecule has 1 aromatic carbocycles. The number of carbonyl (C=O) groups is 3. The van der Waals surface area contributed by atoms with E-state index < -0.39 is 35.3 Å². The number of carbonyl (C=O) groups excluding carboxylic acids is 2. The topological polar surface area (TPSA) is 131 Å². The zero-order valence-corrected chi connectivity index (χ0v) is 18.9. The molecule has 5 N–H and O–H groups in total. The molecular weight excluding hydrogens is 410 g/mol. The van der Waals surface area contributed by atoms with Crippen molar-refractivity contribution in [3.8, 4) is 5.75 Å². The minimum atomic E-state index is -1.09. The summed E-state index contributed by atoms with van der Waals surface area (Å²) in [4.78, 5) is 36.3. The van der Waals surface area contributed by atoms with Gasteiger partial charge in [0.25, 0.3) is 0 Å². The highest BCUT2D eigenvalue weighted by atomic mass is 35.5. The summed E-state index contributed by atoms with van der Waals surface area (Å²) >= 11 is 6.09. The number of nitrogens with one attached hydrogen (secondary N) is 2. The Hall–Kier alpha value is -2.32. The Balaban J connectivity index is 2.65. The first-order valence-corrected chi connectivity index (χ1v) is 10.1. The Morgan fingerprint density at radius 1 is 1.27 bits per heavy atom. The first-order valence-electron chi connectivity index (χ1n) is 9.76. The maximum atomic E-state index is 12.5. The number of hydrogen-bond acceptors (Lipinski definition) is 5. The fourth-order valence-electron chi connectivity index (χ4n) is 2.75. The molecule has 0 aromatic heterocycles. The lowest BCUT2D eigenvalue weighted by atomic mass is 9.91. The highest BCUT2D eigenvalue weighted by Gasteiger charge is 2.32. The van der Waals surface area contributed by atoms with Gasteiger partial charge in [-0.25, -0.2) is 4.79 Å². The highest BCUT2D eigenvalue weighted by molar-refractivity contribution is 6.32. The van der Waals surface area contributed by atoms with Crippen molar-refractivity contribution in [2.24, 2.45) is 17.1 Å². The van der Waals surface area contributed by atoms with Crippen LogP contribution in [0.15, 0.2) is 18.2 Å². The van der Waals surface area contributed by atoms with Gasteiger partial charge in [0.15, 0.2) is 0 Å². The van der Waals surface area contributed by atoms with E-state index in [2.05, 4.69) is 10.6 Å². The van der Waals surface area contributed by atoms with E-state index in [4.69, 9.17) is 22.1 Å². The number of nitrogens with two attached hydrogens (primary N) is 1. The molecule has 0 aliphatic carbocycles. The van der Waals surface area contributed by atoms with Crippen LogP contribution < -0.4 is 21.1 Å². The second kappa shape index (κ2) is 11.2. The molecule has 0 saturated heterocycles. The number of carboxylic acid groups (broad SMARTS) is 1. The Morgan fingerprint density at radius 3 is 2.40 bits per heavy atom. The van der Waals surface area contributed by atoms with Crippen LogP contribution in [-0.2, 0) is 20.8 Å². The largest absolute Gasteiger partial charge is 0.495 e. The molecule has 2 amide bonds. The molecule has 0 bridgehead atoms. The lowest BCUT2D eigenvalue weighted by molar-refractivity contribution is -0.144. The third-order valence-electron chi connectivity index (χ3n) is 4.64. The summed E-state index contributed by atoms with van der Waals surface area (Å²) in [5.74, 6) is -1.31. The van der Waals surface area contributed by atoms with Gasteiger partial charge in [-0.05, 0) is 50.3 Å². The number of aliphatic carboxylic acids is 1. The molecule has 2 atom stereocenters. The fraction of sp³-hybridized carbons (Fsp3) is 0.571. The van der Waals surface area contributed by atoms with Crippen molar-refractivity contribution in [2.45, 2.75) is 52.6 Å². The molecule has 0 radical (unpaired) electrons. The first kappa shape index (κ1) is 25.7. The molecule has 168 valence electrons.